The Morgan fingerprint density at radius 1 is 1.03 bits per heavy atom. The summed E-state index contributed by atoms with van der Waals surface area (Å²) in [6, 6.07) is 0. The topological polar surface area (TPSA) is 161 Å². The Balaban J connectivity index is 1.21. The van der Waals surface area contributed by atoms with E-state index in [1.807, 2.05) is 0 Å². The van der Waals surface area contributed by atoms with Crippen LogP contribution in [0, 0.1) is 23.2 Å². The van der Waals surface area contributed by atoms with Crippen LogP contribution in [0.2, 0.25) is 0 Å². The molecule has 0 aromatic heterocycles. The van der Waals surface area contributed by atoms with Crippen molar-refractivity contribution in [2.24, 2.45) is 23.2 Å². The molecule has 4 bridgehead atoms. The Kier molecular flexibility index (Phi) is 6.05. The number of carbonyl (C=O) groups excluding carboxylic acids is 2. The molecule has 6 fully saturated rings. The summed E-state index contributed by atoms with van der Waals surface area (Å²) in [6.07, 6.45) is 2.91. The average molecular weight is 547 g/mol. The third-order valence-electron chi connectivity index (χ3n) is 7.61. The van der Waals surface area contributed by atoms with Crippen molar-refractivity contribution in [3.8, 4) is 0 Å². The number of alkyl halides is 2. The highest BCUT2D eigenvalue weighted by Gasteiger charge is 2.67. The first kappa shape index (κ1) is 25.4. The minimum absolute atomic E-state index is 0.107. The molecular formula is C19H24F2O12S2. The summed E-state index contributed by atoms with van der Waals surface area (Å²) >= 11 is -1.79. The number of hydrogen-bond acceptors (Lipinski definition) is 11. The van der Waals surface area contributed by atoms with E-state index in [-0.39, 0.29) is 44.2 Å². The number of rotatable bonds is 5. The van der Waals surface area contributed by atoms with Crippen LogP contribution in [-0.2, 0) is 58.4 Å². The van der Waals surface area contributed by atoms with E-state index in [1.165, 1.54) is 0 Å². The fourth-order valence-electron chi connectivity index (χ4n) is 6.24. The first-order chi connectivity index (χ1) is 16.3. The lowest BCUT2D eigenvalue weighted by Gasteiger charge is -2.65. The van der Waals surface area contributed by atoms with Crippen molar-refractivity contribution in [2.75, 3.05) is 33.0 Å². The van der Waals surface area contributed by atoms with Crippen molar-refractivity contribution in [3.05, 3.63) is 0 Å². The lowest BCUT2D eigenvalue weighted by atomic mass is 9.51. The zero-order chi connectivity index (χ0) is 25.3. The number of carbonyl (C=O) groups is 2. The summed E-state index contributed by atoms with van der Waals surface area (Å²) in [5.41, 5.74) is -1.47. The van der Waals surface area contributed by atoms with E-state index in [0.29, 0.717) is 19.3 Å². The molecule has 4 saturated carbocycles. The van der Waals surface area contributed by atoms with Gasteiger partial charge in [0.1, 0.15) is 5.60 Å². The van der Waals surface area contributed by atoms with Crippen molar-refractivity contribution < 1.29 is 62.9 Å². The van der Waals surface area contributed by atoms with Gasteiger partial charge in [-0.3, -0.25) is 12.9 Å². The Morgan fingerprint density at radius 2 is 1.60 bits per heavy atom. The van der Waals surface area contributed by atoms with Gasteiger partial charge in [0.2, 0.25) is 0 Å². The van der Waals surface area contributed by atoms with Gasteiger partial charge in [0.15, 0.2) is 12.4 Å². The Bertz CT molecular complexity index is 1010. The fourth-order valence-corrected chi connectivity index (χ4v) is 7.27. The summed E-state index contributed by atoms with van der Waals surface area (Å²) < 4.78 is 100. The molecule has 4 aliphatic carbocycles. The lowest BCUT2D eigenvalue weighted by molar-refractivity contribution is -0.396. The molecule has 35 heavy (non-hydrogen) atoms. The van der Waals surface area contributed by atoms with E-state index in [2.05, 4.69) is 4.74 Å². The molecule has 12 nitrogen and oxygen atoms in total. The maximum atomic E-state index is 13.3. The second-order valence-corrected chi connectivity index (χ2v) is 12.4. The fraction of sp³-hybridized carbons (Fsp3) is 0.895. The van der Waals surface area contributed by atoms with Crippen LogP contribution < -0.4 is 0 Å². The highest BCUT2D eigenvalue weighted by molar-refractivity contribution is 7.87. The van der Waals surface area contributed by atoms with Gasteiger partial charge in [-0.25, -0.2) is 9.59 Å². The standard InChI is InChI=1S/C19H24F2O12S2/c20-19(21,35(25,26)27)15(23)28-6-14(22)33-17-3-11-1-12(4-17)18(13(2-11)5-17)29-7-16(8-30-18)9-31-34(24)32-10-16/h11-13H,1-10H2,(H,25,26,27). The van der Waals surface area contributed by atoms with Crippen molar-refractivity contribution in [1.82, 2.24) is 0 Å². The summed E-state index contributed by atoms with van der Waals surface area (Å²) in [5.74, 6) is -4.54. The molecule has 2 atom stereocenters. The molecule has 0 amide bonds. The normalized spacial score (nSPS) is 42.8. The first-order valence-electron chi connectivity index (χ1n) is 11.0. The van der Waals surface area contributed by atoms with E-state index in [4.69, 9.17) is 27.1 Å². The predicted octanol–water partition coefficient (Wildman–Crippen LogP) is 0.487. The minimum atomic E-state index is -6.04. The first-order valence-corrected chi connectivity index (χ1v) is 13.4. The zero-order valence-corrected chi connectivity index (χ0v) is 19.9. The molecule has 6 rings (SSSR count). The molecule has 2 heterocycles. The van der Waals surface area contributed by atoms with Crippen LogP contribution in [0.3, 0.4) is 0 Å². The van der Waals surface area contributed by atoms with E-state index in [1.54, 1.807) is 0 Å². The van der Waals surface area contributed by atoms with Gasteiger partial charge in [-0.2, -0.15) is 21.4 Å². The summed E-state index contributed by atoms with van der Waals surface area (Å²) in [5, 5.41) is -5.20. The molecule has 0 aromatic carbocycles. The SMILES string of the molecule is O=C(COC(=O)C(F)(F)S(=O)(=O)O)OC12CC3CC(C1)C1(OCC4(COS(=O)OC4)CO1)C(C3)C2. The molecule has 2 spiro atoms. The molecule has 2 aliphatic heterocycles. The van der Waals surface area contributed by atoms with Crippen molar-refractivity contribution in [3.63, 3.8) is 0 Å². The monoisotopic (exact) mass is 546 g/mol. The summed E-state index contributed by atoms with van der Waals surface area (Å²) in [7, 11) is -6.04. The second-order valence-electron chi connectivity index (χ2n) is 10.1. The van der Waals surface area contributed by atoms with Crippen LogP contribution in [-0.4, -0.2) is 78.8 Å². The van der Waals surface area contributed by atoms with Gasteiger partial charge < -0.3 is 18.9 Å². The van der Waals surface area contributed by atoms with E-state index in [0.717, 1.165) is 12.8 Å². The quantitative estimate of drug-likeness (QED) is 0.376. The molecule has 6 aliphatic rings. The molecular weight excluding hydrogens is 522 g/mol. The molecule has 0 aromatic rings. The van der Waals surface area contributed by atoms with Crippen LogP contribution in [0.1, 0.15) is 32.1 Å². The summed E-state index contributed by atoms with van der Waals surface area (Å²) in [6.45, 7) is -0.317. The third-order valence-corrected chi connectivity index (χ3v) is 9.05. The minimum Gasteiger partial charge on any atom is -0.457 e. The molecule has 0 radical (unpaired) electrons. The maximum Gasteiger partial charge on any atom is 0.465 e. The van der Waals surface area contributed by atoms with Gasteiger partial charge in [-0.1, -0.05) is 0 Å². The van der Waals surface area contributed by atoms with Gasteiger partial charge in [0, 0.05) is 11.8 Å². The van der Waals surface area contributed by atoms with E-state index < -0.39 is 62.1 Å². The largest absolute Gasteiger partial charge is 0.465 e. The van der Waals surface area contributed by atoms with Crippen LogP contribution in [0.15, 0.2) is 0 Å². The number of ether oxygens (including phenoxy) is 4. The Morgan fingerprint density at radius 3 is 2.14 bits per heavy atom. The van der Waals surface area contributed by atoms with Crippen LogP contribution in [0.25, 0.3) is 0 Å². The lowest BCUT2D eigenvalue weighted by Crippen LogP contribution is -2.69. The van der Waals surface area contributed by atoms with Gasteiger partial charge in [0.05, 0.1) is 31.8 Å². The van der Waals surface area contributed by atoms with E-state index >= 15 is 0 Å². The van der Waals surface area contributed by atoms with Crippen LogP contribution in [0.4, 0.5) is 8.78 Å². The van der Waals surface area contributed by atoms with Crippen molar-refractivity contribution in [1.29, 1.82) is 0 Å². The van der Waals surface area contributed by atoms with Crippen LogP contribution >= 0.6 is 0 Å². The van der Waals surface area contributed by atoms with Gasteiger partial charge in [0.25, 0.3) is 0 Å². The molecule has 2 unspecified atom stereocenters. The number of halogens is 2. The number of esters is 2. The van der Waals surface area contributed by atoms with E-state index in [9.17, 15) is 31.0 Å². The zero-order valence-electron chi connectivity index (χ0n) is 18.3. The van der Waals surface area contributed by atoms with Gasteiger partial charge in [-0.15, -0.1) is 0 Å². The molecule has 16 heteroatoms. The van der Waals surface area contributed by atoms with Crippen molar-refractivity contribution >= 4 is 33.4 Å². The maximum absolute atomic E-state index is 13.3. The molecule has 198 valence electrons. The number of hydrogen-bond donors (Lipinski definition) is 1. The van der Waals surface area contributed by atoms with Gasteiger partial charge >= 0.3 is 38.7 Å². The molecule has 2 saturated heterocycles. The Labute approximate surface area is 201 Å². The Hall–Kier alpha value is -1.30. The van der Waals surface area contributed by atoms with Crippen LogP contribution in [0.5, 0.6) is 0 Å². The highest BCUT2D eigenvalue weighted by atomic mass is 32.2. The van der Waals surface area contributed by atoms with Crippen molar-refractivity contribution in [2.45, 2.75) is 48.7 Å². The highest BCUT2D eigenvalue weighted by Crippen LogP contribution is 2.63. The molecule has 1 N–H and O–H groups in total. The third kappa shape index (κ3) is 4.30. The second kappa shape index (κ2) is 8.36. The smallest absolute Gasteiger partial charge is 0.457 e. The summed E-state index contributed by atoms with van der Waals surface area (Å²) in [4.78, 5) is 23.7. The van der Waals surface area contributed by atoms with Gasteiger partial charge in [-0.05, 0) is 38.0 Å². The predicted molar refractivity (Wildman–Crippen MR) is 107 cm³/mol. The average Bonchev–Trinajstić information content (AvgIpc) is 2.77.